The Balaban J connectivity index is 1.71. The third-order valence-corrected chi connectivity index (χ3v) is 5.95. The van der Waals surface area contributed by atoms with Crippen LogP contribution in [0.2, 0.25) is 5.02 Å². The minimum Gasteiger partial charge on any atom is -0.460 e. The molecule has 198 valence electrons. The summed E-state index contributed by atoms with van der Waals surface area (Å²) in [5, 5.41) is 2.68. The molecule has 3 N–H and O–H groups in total. The first-order chi connectivity index (χ1) is 17.2. The van der Waals surface area contributed by atoms with Gasteiger partial charge in [-0.1, -0.05) is 29.8 Å². The molecule has 1 aliphatic heterocycles. The van der Waals surface area contributed by atoms with Crippen LogP contribution in [0.3, 0.4) is 0 Å². The molecular formula is C26H28ClF2N3O5. The molecule has 1 heterocycles. The summed E-state index contributed by atoms with van der Waals surface area (Å²) in [6, 6.07) is 8.50. The molecule has 1 unspecified atom stereocenters. The number of fused-ring (bicyclic) bond motifs is 1. The van der Waals surface area contributed by atoms with E-state index in [9.17, 15) is 28.0 Å². The number of alkyl halides is 2. The van der Waals surface area contributed by atoms with Gasteiger partial charge < -0.3 is 20.7 Å². The Kier molecular flexibility index (Phi) is 8.22. The SMILES string of the molecule is CC(C)(C)OC(=O)CCC(C(N)=O)N1Cc2cc(C(F)(F)C(=O)NCc3ccc(Cl)cc3)ccc2C1=O. The Bertz CT molecular complexity index is 1210. The minimum atomic E-state index is -3.88. The molecule has 8 nitrogen and oxygen atoms in total. The quantitative estimate of drug-likeness (QED) is 0.475. The molecular weight excluding hydrogens is 508 g/mol. The van der Waals surface area contributed by atoms with Gasteiger partial charge in [0.25, 0.3) is 11.8 Å². The van der Waals surface area contributed by atoms with Crippen molar-refractivity contribution in [3.63, 3.8) is 0 Å². The number of halogens is 3. The summed E-state index contributed by atoms with van der Waals surface area (Å²) >= 11 is 5.80. The van der Waals surface area contributed by atoms with Gasteiger partial charge in [0.2, 0.25) is 5.91 Å². The minimum absolute atomic E-state index is 0.0832. The number of hydrogen-bond acceptors (Lipinski definition) is 5. The summed E-state index contributed by atoms with van der Waals surface area (Å²) in [6.07, 6.45) is -0.248. The monoisotopic (exact) mass is 535 g/mol. The van der Waals surface area contributed by atoms with Crippen LogP contribution >= 0.6 is 11.6 Å². The number of ether oxygens (including phenoxy) is 1. The molecule has 0 bridgehead atoms. The molecule has 3 rings (SSSR count). The highest BCUT2D eigenvalue weighted by molar-refractivity contribution is 6.30. The lowest BCUT2D eigenvalue weighted by Crippen LogP contribution is -2.45. The molecule has 2 aromatic carbocycles. The second-order valence-electron chi connectivity index (χ2n) is 9.73. The van der Waals surface area contributed by atoms with E-state index >= 15 is 0 Å². The number of hydrogen-bond donors (Lipinski definition) is 2. The van der Waals surface area contributed by atoms with E-state index in [1.54, 1.807) is 45.0 Å². The third-order valence-electron chi connectivity index (χ3n) is 5.70. The Morgan fingerprint density at radius 2 is 1.78 bits per heavy atom. The van der Waals surface area contributed by atoms with Crippen molar-refractivity contribution in [3.8, 4) is 0 Å². The number of primary amides is 1. The Morgan fingerprint density at radius 3 is 2.38 bits per heavy atom. The van der Waals surface area contributed by atoms with Gasteiger partial charge in [0.05, 0.1) is 0 Å². The van der Waals surface area contributed by atoms with E-state index in [4.69, 9.17) is 22.1 Å². The zero-order chi connectivity index (χ0) is 27.5. The van der Waals surface area contributed by atoms with Crippen LogP contribution < -0.4 is 11.1 Å². The number of rotatable bonds is 9. The van der Waals surface area contributed by atoms with Gasteiger partial charge in [-0.2, -0.15) is 8.78 Å². The van der Waals surface area contributed by atoms with Gasteiger partial charge in [-0.15, -0.1) is 0 Å². The number of amides is 3. The largest absolute Gasteiger partial charge is 0.460 e. The van der Waals surface area contributed by atoms with E-state index in [2.05, 4.69) is 5.32 Å². The fraction of sp³-hybridized carbons (Fsp3) is 0.385. The summed E-state index contributed by atoms with van der Waals surface area (Å²) in [6.45, 7) is 4.79. The summed E-state index contributed by atoms with van der Waals surface area (Å²) < 4.78 is 35.1. The Labute approximate surface area is 218 Å². The highest BCUT2D eigenvalue weighted by Crippen LogP contribution is 2.34. The highest BCUT2D eigenvalue weighted by atomic mass is 35.5. The molecule has 1 atom stereocenters. The maximum absolute atomic E-state index is 15.0. The first-order valence-corrected chi connectivity index (χ1v) is 11.9. The van der Waals surface area contributed by atoms with Gasteiger partial charge in [0, 0.05) is 35.7 Å². The van der Waals surface area contributed by atoms with Crippen molar-refractivity contribution in [2.45, 2.75) is 64.3 Å². The van der Waals surface area contributed by atoms with E-state index in [0.29, 0.717) is 10.6 Å². The molecule has 0 aromatic heterocycles. The molecule has 37 heavy (non-hydrogen) atoms. The smallest absolute Gasteiger partial charge is 0.349 e. The fourth-order valence-electron chi connectivity index (χ4n) is 3.92. The van der Waals surface area contributed by atoms with Crippen LogP contribution in [-0.4, -0.2) is 40.2 Å². The summed E-state index contributed by atoms with van der Waals surface area (Å²) in [7, 11) is 0. The van der Waals surface area contributed by atoms with Gasteiger partial charge in [-0.3, -0.25) is 19.2 Å². The topological polar surface area (TPSA) is 119 Å². The first kappa shape index (κ1) is 28.0. The molecule has 3 amide bonds. The Morgan fingerprint density at radius 1 is 1.14 bits per heavy atom. The van der Waals surface area contributed by atoms with Crippen LogP contribution in [-0.2, 0) is 38.1 Å². The number of nitrogens with two attached hydrogens (primary N) is 1. The van der Waals surface area contributed by atoms with E-state index in [0.717, 1.165) is 17.0 Å². The average Bonchev–Trinajstić information content (AvgIpc) is 3.12. The average molecular weight is 536 g/mol. The number of nitrogens with zero attached hydrogens (tertiary/aromatic N) is 1. The van der Waals surface area contributed by atoms with Gasteiger partial charge in [0.15, 0.2) is 0 Å². The van der Waals surface area contributed by atoms with Crippen LogP contribution in [0, 0.1) is 0 Å². The highest BCUT2D eigenvalue weighted by Gasteiger charge is 2.43. The van der Waals surface area contributed by atoms with Gasteiger partial charge in [0.1, 0.15) is 11.6 Å². The summed E-state index contributed by atoms with van der Waals surface area (Å²) in [5.74, 6) is -7.36. The van der Waals surface area contributed by atoms with E-state index in [-0.39, 0.29) is 37.1 Å². The van der Waals surface area contributed by atoms with Crippen molar-refractivity contribution < 1.29 is 32.7 Å². The zero-order valence-corrected chi connectivity index (χ0v) is 21.4. The van der Waals surface area contributed by atoms with Crippen molar-refractivity contribution >= 4 is 35.3 Å². The van der Waals surface area contributed by atoms with Crippen LogP contribution in [0.4, 0.5) is 8.78 Å². The molecule has 0 radical (unpaired) electrons. The molecule has 1 aliphatic rings. The van der Waals surface area contributed by atoms with Crippen LogP contribution in [0.25, 0.3) is 0 Å². The van der Waals surface area contributed by atoms with Crippen molar-refractivity contribution in [2.24, 2.45) is 5.73 Å². The predicted octanol–water partition coefficient (Wildman–Crippen LogP) is 3.68. The lowest BCUT2D eigenvalue weighted by Gasteiger charge is -2.25. The zero-order valence-electron chi connectivity index (χ0n) is 20.6. The molecule has 0 aliphatic carbocycles. The predicted molar refractivity (Wildman–Crippen MR) is 132 cm³/mol. The molecule has 11 heteroatoms. The molecule has 0 saturated heterocycles. The van der Waals surface area contributed by atoms with Gasteiger partial charge >= 0.3 is 11.9 Å². The summed E-state index contributed by atoms with van der Waals surface area (Å²) in [5.41, 5.74) is 5.10. The van der Waals surface area contributed by atoms with Gasteiger partial charge in [-0.05, 0) is 62.6 Å². The Hall–Kier alpha value is -3.53. The lowest BCUT2D eigenvalue weighted by atomic mass is 10.0. The van der Waals surface area contributed by atoms with Crippen LogP contribution in [0.1, 0.15) is 60.7 Å². The molecule has 0 fully saturated rings. The lowest BCUT2D eigenvalue weighted by molar-refractivity contribution is -0.155. The van der Waals surface area contributed by atoms with Crippen molar-refractivity contribution in [2.75, 3.05) is 0 Å². The molecule has 0 spiro atoms. The number of esters is 1. The van der Waals surface area contributed by atoms with Crippen LogP contribution in [0.5, 0.6) is 0 Å². The number of nitrogens with one attached hydrogen (secondary N) is 1. The number of carbonyl (C=O) groups is 4. The normalized spacial score (nSPS) is 14.2. The number of carbonyl (C=O) groups excluding carboxylic acids is 4. The second kappa shape index (κ2) is 10.8. The maximum Gasteiger partial charge on any atom is 0.349 e. The standard InChI is InChI=1S/C26H28ClF2N3O5/c1-25(2,3)37-21(33)11-10-20(22(30)34)32-14-16-12-17(6-9-19(16)23(32)35)26(28,29)24(36)31-13-15-4-7-18(27)8-5-15/h4-9,12,20H,10-11,13-14H2,1-3H3,(H2,30,34)(H,31,36). The van der Waals surface area contributed by atoms with E-state index < -0.39 is 46.8 Å². The maximum atomic E-state index is 15.0. The molecule has 2 aromatic rings. The molecule has 0 saturated carbocycles. The first-order valence-electron chi connectivity index (χ1n) is 11.5. The number of benzene rings is 2. The second-order valence-corrected chi connectivity index (χ2v) is 10.2. The van der Waals surface area contributed by atoms with Crippen molar-refractivity contribution in [3.05, 3.63) is 69.7 Å². The van der Waals surface area contributed by atoms with E-state index in [1.807, 2.05) is 0 Å². The van der Waals surface area contributed by atoms with Gasteiger partial charge in [-0.25, -0.2) is 0 Å². The van der Waals surface area contributed by atoms with Crippen molar-refractivity contribution in [1.82, 2.24) is 10.2 Å². The summed E-state index contributed by atoms with van der Waals surface area (Å²) in [4.78, 5) is 50.5. The van der Waals surface area contributed by atoms with Crippen LogP contribution in [0.15, 0.2) is 42.5 Å². The third kappa shape index (κ3) is 6.82. The fourth-order valence-corrected chi connectivity index (χ4v) is 4.04. The van der Waals surface area contributed by atoms with Crippen molar-refractivity contribution in [1.29, 1.82) is 0 Å². The van der Waals surface area contributed by atoms with E-state index in [1.165, 1.54) is 6.07 Å².